The molecule has 1 heterocycles. The van der Waals surface area contributed by atoms with E-state index >= 15 is 0 Å². The molecule has 3 rings (SSSR count). The summed E-state index contributed by atoms with van der Waals surface area (Å²) in [5.41, 5.74) is 3.14. The summed E-state index contributed by atoms with van der Waals surface area (Å²) in [6.45, 7) is 5.68. The predicted molar refractivity (Wildman–Crippen MR) is 96.5 cm³/mol. The molecule has 25 heavy (non-hydrogen) atoms. The third-order valence-electron chi connectivity index (χ3n) is 3.72. The molecule has 3 aromatic rings. The van der Waals surface area contributed by atoms with E-state index in [-0.39, 0.29) is 11.9 Å². The van der Waals surface area contributed by atoms with Crippen LogP contribution in [-0.4, -0.2) is 27.2 Å². The number of aryl methyl sites for hydroxylation is 2. The molecule has 0 saturated heterocycles. The number of rotatable bonds is 5. The van der Waals surface area contributed by atoms with Gasteiger partial charge in [-0.3, -0.25) is 15.2 Å². The van der Waals surface area contributed by atoms with Crippen molar-refractivity contribution >= 4 is 11.9 Å². The molecule has 0 aliphatic carbocycles. The number of hydrogen-bond donors (Lipinski definition) is 2. The molecule has 0 aliphatic rings. The summed E-state index contributed by atoms with van der Waals surface area (Å²) in [6.07, 6.45) is -0.664. The van der Waals surface area contributed by atoms with Gasteiger partial charge in [-0.15, -0.1) is 5.10 Å². The lowest BCUT2D eigenvalue weighted by molar-refractivity contribution is -0.122. The highest BCUT2D eigenvalue weighted by molar-refractivity contribution is 5.92. The van der Waals surface area contributed by atoms with Gasteiger partial charge in [0.25, 0.3) is 5.91 Å². The van der Waals surface area contributed by atoms with Gasteiger partial charge in [-0.05, 0) is 38.5 Å². The molecular formula is C19H20N4O2. The van der Waals surface area contributed by atoms with E-state index in [2.05, 4.69) is 20.5 Å². The molecule has 0 unspecified atom stereocenters. The number of nitrogens with zero attached hydrogens (tertiary/aromatic N) is 2. The lowest BCUT2D eigenvalue weighted by Crippen LogP contribution is -2.30. The van der Waals surface area contributed by atoms with Crippen molar-refractivity contribution in [2.75, 3.05) is 5.32 Å². The van der Waals surface area contributed by atoms with E-state index in [1.165, 1.54) is 5.56 Å². The third-order valence-corrected chi connectivity index (χ3v) is 3.72. The van der Waals surface area contributed by atoms with Gasteiger partial charge in [-0.1, -0.05) is 42.0 Å². The summed E-state index contributed by atoms with van der Waals surface area (Å²) in [5.74, 6) is 1.16. The Morgan fingerprint density at radius 2 is 1.88 bits per heavy atom. The number of carbonyl (C=O) groups is 1. The van der Waals surface area contributed by atoms with Crippen molar-refractivity contribution in [3.63, 3.8) is 0 Å². The Labute approximate surface area is 146 Å². The Hall–Kier alpha value is -3.15. The quantitative estimate of drug-likeness (QED) is 0.747. The van der Waals surface area contributed by atoms with Crippen LogP contribution in [0.1, 0.15) is 18.1 Å². The second-order valence-electron chi connectivity index (χ2n) is 5.94. The molecule has 0 bridgehead atoms. The maximum Gasteiger partial charge on any atom is 0.267 e. The Morgan fingerprint density at radius 3 is 2.60 bits per heavy atom. The fraction of sp³-hybridized carbons (Fsp3) is 0.211. The molecule has 0 aliphatic heterocycles. The number of aromatic nitrogens is 3. The second kappa shape index (κ2) is 7.17. The monoisotopic (exact) mass is 336 g/mol. The maximum absolute atomic E-state index is 12.3. The Bertz CT molecular complexity index is 871. The first-order valence-corrected chi connectivity index (χ1v) is 8.05. The Kier molecular flexibility index (Phi) is 4.79. The molecule has 0 fully saturated rings. The van der Waals surface area contributed by atoms with Crippen LogP contribution in [0.25, 0.3) is 11.4 Å². The molecule has 2 aromatic carbocycles. The second-order valence-corrected chi connectivity index (χ2v) is 5.94. The number of aromatic amines is 1. The van der Waals surface area contributed by atoms with E-state index in [0.717, 1.165) is 11.1 Å². The normalized spacial score (nSPS) is 11.8. The van der Waals surface area contributed by atoms with E-state index in [0.29, 0.717) is 11.6 Å². The van der Waals surface area contributed by atoms with Crippen LogP contribution < -0.4 is 10.1 Å². The lowest BCUT2D eigenvalue weighted by atomic mass is 10.1. The average molecular weight is 336 g/mol. The van der Waals surface area contributed by atoms with Gasteiger partial charge in [-0.25, -0.2) is 0 Å². The molecule has 1 atom stereocenters. The molecule has 0 saturated carbocycles. The summed E-state index contributed by atoms with van der Waals surface area (Å²) in [6, 6.07) is 15.4. The molecular weight excluding hydrogens is 316 g/mol. The smallest absolute Gasteiger partial charge is 0.267 e. The van der Waals surface area contributed by atoms with E-state index in [1.807, 2.05) is 62.4 Å². The Balaban J connectivity index is 1.64. The van der Waals surface area contributed by atoms with Gasteiger partial charge in [0.1, 0.15) is 5.75 Å². The number of nitrogens with one attached hydrogen (secondary N) is 2. The van der Waals surface area contributed by atoms with Gasteiger partial charge in [0, 0.05) is 5.56 Å². The fourth-order valence-corrected chi connectivity index (χ4v) is 2.32. The van der Waals surface area contributed by atoms with Crippen LogP contribution in [0.5, 0.6) is 5.75 Å². The zero-order chi connectivity index (χ0) is 17.8. The predicted octanol–water partition coefficient (Wildman–Crippen LogP) is 3.49. The summed E-state index contributed by atoms with van der Waals surface area (Å²) < 4.78 is 5.66. The standard InChI is InChI=1S/C19H20N4O2/c1-12-7-9-15(10-8-12)17-20-19(23-22-17)21-18(24)14(3)25-16-6-4-5-13(2)11-16/h4-11,14H,1-3H3,(H2,20,21,22,23,24)/t14-/m0/s1. The zero-order valence-electron chi connectivity index (χ0n) is 14.4. The number of amides is 1. The fourth-order valence-electron chi connectivity index (χ4n) is 2.32. The first-order chi connectivity index (χ1) is 12.0. The highest BCUT2D eigenvalue weighted by Gasteiger charge is 2.17. The van der Waals surface area contributed by atoms with Crippen LogP contribution in [0, 0.1) is 13.8 Å². The first kappa shape index (κ1) is 16.7. The number of anilines is 1. The van der Waals surface area contributed by atoms with Gasteiger partial charge in [0.15, 0.2) is 11.9 Å². The van der Waals surface area contributed by atoms with E-state index in [4.69, 9.17) is 4.74 Å². The van der Waals surface area contributed by atoms with Crippen LogP contribution in [0.3, 0.4) is 0 Å². The minimum Gasteiger partial charge on any atom is -0.481 e. The van der Waals surface area contributed by atoms with Gasteiger partial charge in [-0.2, -0.15) is 4.98 Å². The summed E-state index contributed by atoms with van der Waals surface area (Å²) in [5, 5.41) is 9.52. The topological polar surface area (TPSA) is 79.9 Å². The molecule has 6 nitrogen and oxygen atoms in total. The molecule has 0 spiro atoms. The lowest BCUT2D eigenvalue weighted by Gasteiger charge is -2.13. The Morgan fingerprint density at radius 1 is 1.12 bits per heavy atom. The largest absolute Gasteiger partial charge is 0.481 e. The van der Waals surface area contributed by atoms with Crippen molar-refractivity contribution in [1.29, 1.82) is 0 Å². The van der Waals surface area contributed by atoms with Crippen molar-refractivity contribution in [3.8, 4) is 17.1 Å². The van der Waals surface area contributed by atoms with Gasteiger partial charge in [0.05, 0.1) is 0 Å². The van der Waals surface area contributed by atoms with E-state index in [1.54, 1.807) is 6.92 Å². The minimum atomic E-state index is -0.664. The van der Waals surface area contributed by atoms with Crippen molar-refractivity contribution in [3.05, 3.63) is 59.7 Å². The average Bonchev–Trinajstić information content (AvgIpc) is 3.04. The molecule has 1 amide bonds. The molecule has 128 valence electrons. The van der Waals surface area contributed by atoms with Crippen LogP contribution in [-0.2, 0) is 4.79 Å². The zero-order valence-corrected chi connectivity index (χ0v) is 14.4. The highest BCUT2D eigenvalue weighted by Crippen LogP contribution is 2.17. The van der Waals surface area contributed by atoms with Crippen LogP contribution in [0.2, 0.25) is 0 Å². The molecule has 1 aromatic heterocycles. The number of carbonyl (C=O) groups excluding carboxylic acids is 1. The first-order valence-electron chi connectivity index (χ1n) is 8.05. The summed E-state index contributed by atoms with van der Waals surface area (Å²) in [7, 11) is 0. The molecule has 0 radical (unpaired) electrons. The SMILES string of the molecule is Cc1ccc(-c2nc(NC(=O)[C@H](C)Oc3cccc(C)c3)n[nH]2)cc1. The minimum absolute atomic E-state index is 0.222. The number of benzene rings is 2. The van der Waals surface area contributed by atoms with Gasteiger partial charge in [0.2, 0.25) is 5.95 Å². The number of ether oxygens (including phenoxy) is 1. The van der Waals surface area contributed by atoms with Crippen LogP contribution in [0.4, 0.5) is 5.95 Å². The third kappa shape index (κ3) is 4.23. The van der Waals surface area contributed by atoms with E-state index in [9.17, 15) is 4.79 Å². The van der Waals surface area contributed by atoms with E-state index < -0.39 is 6.10 Å². The van der Waals surface area contributed by atoms with Crippen molar-refractivity contribution in [2.24, 2.45) is 0 Å². The number of hydrogen-bond acceptors (Lipinski definition) is 4. The highest BCUT2D eigenvalue weighted by atomic mass is 16.5. The van der Waals surface area contributed by atoms with Crippen LogP contribution >= 0.6 is 0 Å². The van der Waals surface area contributed by atoms with Crippen molar-refractivity contribution < 1.29 is 9.53 Å². The molecule has 2 N–H and O–H groups in total. The molecule has 6 heteroatoms. The number of H-pyrrole nitrogens is 1. The van der Waals surface area contributed by atoms with Crippen LogP contribution in [0.15, 0.2) is 48.5 Å². The van der Waals surface area contributed by atoms with Crippen molar-refractivity contribution in [1.82, 2.24) is 15.2 Å². The van der Waals surface area contributed by atoms with Gasteiger partial charge >= 0.3 is 0 Å². The maximum atomic E-state index is 12.3. The summed E-state index contributed by atoms with van der Waals surface area (Å²) in [4.78, 5) is 16.6. The van der Waals surface area contributed by atoms with Crippen molar-refractivity contribution in [2.45, 2.75) is 26.9 Å². The summed E-state index contributed by atoms with van der Waals surface area (Å²) >= 11 is 0. The van der Waals surface area contributed by atoms with Gasteiger partial charge < -0.3 is 4.74 Å².